The molecule has 0 saturated heterocycles. The Balaban J connectivity index is 2.08. The predicted molar refractivity (Wildman–Crippen MR) is 78.9 cm³/mol. The molecular weight excluding hydrogens is 261 g/mol. The van der Waals surface area contributed by atoms with E-state index in [0.29, 0.717) is 6.54 Å². The summed E-state index contributed by atoms with van der Waals surface area (Å²) in [5, 5.41) is 0.215. The molecule has 0 bridgehead atoms. The van der Waals surface area contributed by atoms with Crippen molar-refractivity contribution in [2.24, 2.45) is 17.1 Å². The zero-order valence-corrected chi connectivity index (χ0v) is 12.3. The van der Waals surface area contributed by atoms with E-state index >= 15 is 0 Å². The van der Waals surface area contributed by atoms with Gasteiger partial charge in [0.15, 0.2) is 0 Å². The average molecular weight is 284 g/mol. The van der Waals surface area contributed by atoms with Crippen molar-refractivity contribution < 1.29 is 4.39 Å². The molecule has 1 aliphatic carbocycles. The summed E-state index contributed by atoms with van der Waals surface area (Å²) in [5.41, 5.74) is 7.32. The molecule has 0 heterocycles. The second-order valence-corrected chi connectivity index (χ2v) is 6.39. The van der Waals surface area contributed by atoms with Crippen molar-refractivity contribution >= 4 is 11.6 Å². The van der Waals surface area contributed by atoms with E-state index in [1.165, 1.54) is 38.2 Å². The van der Waals surface area contributed by atoms with E-state index in [2.05, 4.69) is 6.92 Å². The largest absolute Gasteiger partial charge is 0.330 e. The summed E-state index contributed by atoms with van der Waals surface area (Å²) < 4.78 is 13.2. The average Bonchev–Trinajstić information content (AvgIpc) is 2.44. The molecule has 2 rings (SSSR count). The first-order valence-electron chi connectivity index (χ1n) is 7.22. The summed E-state index contributed by atoms with van der Waals surface area (Å²) >= 11 is 5.86. The molecule has 0 spiro atoms. The third-order valence-corrected chi connectivity index (χ3v) is 5.03. The molecule has 0 radical (unpaired) electrons. The highest BCUT2D eigenvalue weighted by Gasteiger charge is 2.33. The Hall–Kier alpha value is -0.600. The van der Waals surface area contributed by atoms with Crippen molar-refractivity contribution in [1.82, 2.24) is 0 Å². The number of benzene rings is 1. The molecule has 1 saturated carbocycles. The van der Waals surface area contributed by atoms with Gasteiger partial charge >= 0.3 is 0 Å². The van der Waals surface area contributed by atoms with Gasteiger partial charge in [-0.25, -0.2) is 4.39 Å². The van der Waals surface area contributed by atoms with Gasteiger partial charge in [-0.15, -0.1) is 0 Å². The lowest BCUT2D eigenvalue weighted by Gasteiger charge is -2.39. The number of rotatable bonds is 4. The van der Waals surface area contributed by atoms with Crippen LogP contribution in [0.3, 0.4) is 0 Å². The summed E-state index contributed by atoms with van der Waals surface area (Å²) in [7, 11) is 0. The second-order valence-electron chi connectivity index (χ2n) is 5.98. The number of hydrogen-bond acceptors (Lipinski definition) is 1. The fourth-order valence-electron chi connectivity index (χ4n) is 3.23. The number of hydrogen-bond donors (Lipinski definition) is 1. The van der Waals surface area contributed by atoms with Gasteiger partial charge in [-0.3, -0.25) is 0 Å². The van der Waals surface area contributed by atoms with Crippen molar-refractivity contribution in [1.29, 1.82) is 0 Å². The van der Waals surface area contributed by atoms with Crippen LogP contribution in [0.5, 0.6) is 0 Å². The molecule has 0 aliphatic heterocycles. The van der Waals surface area contributed by atoms with Gasteiger partial charge in [0, 0.05) is 0 Å². The first kappa shape index (κ1) is 14.8. The molecule has 1 aromatic rings. The van der Waals surface area contributed by atoms with Gasteiger partial charge in [-0.1, -0.05) is 31.0 Å². The Morgan fingerprint density at radius 3 is 2.58 bits per heavy atom. The minimum Gasteiger partial charge on any atom is -0.330 e. The van der Waals surface area contributed by atoms with Crippen LogP contribution in [-0.2, 0) is 6.42 Å². The monoisotopic (exact) mass is 283 g/mol. The lowest BCUT2D eigenvalue weighted by atomic mass is 9.67. The van der Waals surface area contributed by atoms with Gasteiger partial charge in [0.1, 0.15) is 5.82 Å². The molecular formula is C16H23ClFN. The smallest absolute Gasteiger partial charge is 0.141 e. The van der Waals surface area contributed by atoms with Crippen LogP contribution in [0.15, 0.2) is 18.2 Å². The number of halogens is 2. The lowest BCUT2D eigenvalue weighted by Crippen LogP contribution is -2.36. The van der Waals surface area contributed by atoms with E-state index in [1.54, 1.807) is 6.07 Å². The van der Waals surface area contributed by atoms with E-state index in [0.717, 1.165) is 17.9 Å². The Morgan fingerprint density at radius 2 is 2.05 bits per heavy atom. The minimum atomic E-state index is -0.345. The normalized spacial score (nSPS) is 27.5. The fraction of sp³-hybridized carbons (Fsp3) is 0.625. The van der Waals surface area contributed by atoms with Gasteiger partial charge in [0.05, 0.1) is 5.02 Å². The maximum Gasteiger partial charge on any atom is 0.141 e. The second kappa shape index (κ2) is 6.23. The lowest BCUT2D eigenvalue weighted by molar-refractivity contribution is 0.153. The topological polar surface area (TPSA) is 26.0 Å². The maximum absolute atomic E-state index is 13.2. The Kier molecular flexibility index (Phi) is 4.86. The van der Waals surface area contributed by atoms with E-state index in [1.807, 2.05) is 6.07 Å². The van der Waals surface area contributed by atoms with Gasteiger partial charge in [0.25, 0.3) is 0 Å². The molecule has 1 fully saturated rings. The zero-order valence-electron chi connectivity index (χ0n) is 11.6. The van der Waals surface area contributed by atoms with Crippen molar-refractivity contribution in [3.8, 4) is 0 Å². The summed E-state index contributed by atoms with van der Waals surface area (Å²) in [4.78, 5) is 0. The van der Waals surface area contributed by atoms with Crippen LogP contribution in [0.25, 0.3) is 0 Å². The minimum absolute atomic E-state index is 0.187. The van der Waals surface area contributed by atoms with Gasteiger partial charge in [-0.2, -0.15) is 0 Å². The van der Waals surface area contributed by atoms with Crippen molar-refractivity contribution in [2.75, 3.05) is 6.54 Å². The molecule has 2 N–H and O–H groups in total. The van der Waals surface area contributed by atoms with E-state index in [9.17, 15) is 4.39 Å². The number of nitrogens with two attached hydrogens (primary N) is 1. The molecule has 0 atom stereocenters. The van der Waals surface area contributed by atoms with Crippen LogP contribution in [0.2, 0.25) is 5.02 Å². The van der Waals surface area contributed by atoms with Crippen LogP contribution in [0, 0.1) is 17.2 Å². The predicted octanol–water partition coefficient (Wildman–Crippen LogP) is 4.57. The van der Waals surface area contributed by atoms with Crippen molar-refractivity contribution in [3.05, 3.63) is 34.6 Å². The molecule has 0 unspecified atom stereocenters. The summed E-state index contributed by atoms with van der Waals surface area (Å²) in [5.74, 6) is 0.512. The Bertz CT molecular complexity index is 425. The van der Waals surface area contributed by atoms with Crippen LogP contribution in [-0.4, -0.2) is 6.54 Å². The SMILES string of the molecule is CCC1CCC(CN)(Cc2ccc(F)c(Cl)c2)CC1. The molecule has 1 nitrogen and oxygen atoms in total. The Morgan fingerprint density at radius 1 is 1.37 bits per heavy atom. The molecule has 1 aliphatic rings. The highest BCUT2D eigenvalue weighted by Crippen LogP contribution is 2.42. The van der Waals surface area contributed by atoms with E-state index in [-0.39, 0.29) is 16.3 Å². The van der Waals surface area contributed by atoms with Crippen molar-refractivity contribution in [2.45, 2.75) is 45.4 Å². The summed E-state index contributed by atoms with van der Waals surface area (Å²) in [6.45, 7) is 2.97. The molecule has 0 aromatic heterocycles. The molecule has 106 valence electrons. The van der Waals surface area contributed by atoms with Crippen LogP contribution >= 0.6 is 11.6 Å². The highest BCUT2D eigenvalue weighted by molar-refractivity contribution is 6.30. The molecule has 19 heavy (non-hydrogen) atoms. The first-order valence-corrected chi connectivity index (χ1v) is 7.60. The van der Waals surface area contributed by atoms with Gasteiger partial charge in [-0.05, 0) is 67.7 Å². The zero-order chi connectivity index (χ0) is 13.9. The molecule has 3 heteroatoms. The first-order chi connectivity index (χ1) is 9.08. The molecule has 1 aromatic carbocycles. The third-order valence-electron chi connectivity index (χ3n) is 4.74. The van der Waals surface area contributed by atoms with Crippen LogP contribution in [0.4, 0.5) is 4.39 Å². The third kappa shape index (κ3) is 3.49. The quantitative estimate of drug-likeness (QED) is 0.861. The highest BCUT2D eigenvalue weighted by atomic mass is 35.5. The molecule has 0 amide bonds. The maximum atomic E-state index is 13.2. The summed E-state index contributed by atoms with van der Waals surface area (Å²) in [6, 6.07) is 5.05. The van der Waals surface area contributed by atoms with Gasteiger partial charge in [0.2, 0.25) is 0 Å². The summed E-state index contributed by atoms with van der Waals surface area (Å²) in [6.07, 6.45) is 7.07. The standard InChI is InChI=1S/C16H23ClFN/c1-2-12-5-7-16(11-19,8-6-12)10-13-3-4-15(18)14(17)9-13/h3-4,9,12H,2,5-8,10-11,19H2,1H3. The Labute approximate surface area is 120 Å². The van der Waals surface area contributed by atoms with Gasteiger partial charge < -0.3 is 5.73 Å². The van der Waals surface area contributed by atoms with Crippen LogP contribution < -0.4 is 5.73 Å². The van der Waals surface area contributed by atoms with Crippen molar-refractivity contribution in [3.63, 3.8) is 0 Å². The fourth-order valence-corrected chi connectivity index (χ4v) is 3.44. The van der Waals surface area contributed by atoms with E-state index < -0.39 is 0 Å². The van der Waals surface area contributed by atoms with E-state index in [4.69, 9.17) is 17.3 Å². The van der Waals surface area contributed by atoms with Crippen LogP contribution in [0.1, 0.15) is 44.6 Å².